The van der Waals surface area contributed by atoms with Crippen LogP contribution < -0.4 is 10.6 Å². The fraction of sp³-hybridized carbons (Fsp3) is 0.188. The molecule has 0 radical (unpaired) electrons. The van der Waals surface area contributed by atoms with Gasteiger partial charge in [-0.15, -0.1) is 0 Å². The summed E-state index contributed by atoms with van der Waals surface area (Å²) in [7, 11) is 0. The molecule has 5 nitrogen and oxygen atoms in total. The molecule has 0 spiro atoms. The molecule has 2 rings (SSSR count). The number of hydrogen-bond donors (Lipinski definition) is 2. The van der Waals surface area contributed by atoms with Crippen molar-refractivity contribution in [3.63, 3.8) is 0 Å². The van der Waals surface area contributed by atoms with Crippen LogP contribution in [-0.2, 0) is 0 Å². The normalized spacial score (nSPS) is 10.5. The number of amides is 2. The molecule has 0 saturated heterocycles. The second-order valence-corrected chi connectivity index (χ2v) is 4.46. The maximum atomic E-state index is 11.5. The lowest BCUT2D eigenvalue weighted by molar-refractivity contribution is 0.252. The fourth-order valence-electron chi connectivity index (χ4n) is 1.64. The topological polar surface area (TPSA) is 65.8 Å². The van der Waals surface area contributed by atoms with Gasteiger partial charge in [0.1, 0.15) is 0 Å². The maximum Gasteiger partial charge on any atom is 0.319 e. The predicted octanol–water partition coefficient (Wildman–Crippen LogP) is 4.63. The van der Waals surface area contributed by atoms with Crippen molar-refractivity contribution in [1.82, 2.24) is 5.32 Å². The lowest BCUT2D eigenvalue weighted by atomic mass is 10.3. The Hall–Kier alpha value is -2.69. The van der Waals surface area contributed by atoms with Crippen LogP contribution in [0.25, 0.3) is 0 Å². The lowest BCUT2D eigenvalue weighted by Gasteiger charge is -2.06. The molecule has 2 aromatic rings. The van der Waals surface area contributed by atoms with Gasteiger partial charge in [0.05, 0.1) is 11.4 Å². The van der Waals surface area contributed by atoms with Gasteiger partial charge in [0, 0.05) is 12.2 Å². The van der Waals surface area contributed by atoms with Crippen LogP contribution in [0.2, 0.25) is 0 Å². The van der Waals surface area contributed by atoms with Crippen LogP contribution in [-0.4, -0.2) is 12.6 Å². The minimum Gasteiger partial charge on any atom is -0.338 e. The smallest absolute Gasteiger partial charge is 0.319 e. The summed E-state index contributed by atoms with van der Waals surface area (Å²) >= 11 is 0. The van der Waals surface area contributed by atoms with Gasteiger partial charge in [-0.1, -0.05) is 25.1 Å². The van der Waals surface area contributed by atoms with Gasteiger partial charge in [0.25, 0.3) is 0 Å². The Morgan fingerprint density at radius 3 is 2.19 bits per heavy atom. The highest BCUT2D eigenvalue weighted by molar-refractivity contribution is 5.89. The average Bonchev–Trinajstić information content (AvgIpc) is 2.53. The number of nitrogens with one attached hydrogen (secondary N) is 2. The molecule has 2 aromatic carbocycles. The first kappa shape index (κ1) is 14.7. The minimum absolute atomic E-state index is 0.199. The second kappa shape index (κ2) is 7.79. The van der Waals surface area contributed by atoms with Gasteiger partial charge in [0.2, 0.25) is 0 Å². The number of benzene rings is 2. The molecule has 0 aliphatic rings. The molecule has 2 N–H and O–H groups in total. The third kappa shape index (κ3) is 5.06. The molecular formula is C16H18N4O. The molecule has 2 amide bonds. The Balaban J connectivity index is 1.93. The highest BCUT2D eigenvalue weighted by atomic mass is 16.2. The molecule has 0 heterocycles. The number of anilines is 1. The second-order valence-electron chi connectivity index (χ2n) is 4.46. The number of rotatable bonds is 5. The van der Waals surface area contributed by atoms with E-state index in [9.17, 15) is 4.79 Å². The lowest BCUT2D eigenvalue weighted by Crippen LogP contribution is -2.29. The zero-order valence-electron chi connectivity index (χ0n) is 11.9. The minimum atomic E-state index is -0.199. The van der Waals surface area contributed by atoms with Crippen molar-refractivity contribution in [2.45, 2.75) is 13.3 Å². The predicted molar refractivity (Wildman–Crippen MR) is 84.4 cm³/mol. The van der Waals surface area contributed by atoms with Gasteiger partial charge >= 0.3 is 6.03 Å². The Morgan fingerprint density at radius 2 is 1.57 bits per heavy atom. The molecule has 0 aliphatic heterocycles. The first-order valence-corrected chi connectivity index (χ1v) is 6.89. The van der Waals surface area contributed by atoms with E-state index in [1.807, 2.05) is 49.4 Å². The summed E-state index contributed by atoms with van der Waals surface area (Å²) < 4.78 is 0. The third-order valence-corrected chi connectivity index (χ3v) is 2.70. The number of hydrogen-bond acceptors (Lipinski definition) is 3. The fourth-order valence-corrected chi connectivity index (χ4v) is 1.64. The van der Waals surface area contributed by atoms with Crippen molar-refractivity contribution >= 4 is 23.1 Å². The van der Waals surface area contributed by atoms with Crippen LogP contribution in [0.1, 0.15) is 13.3 Å². The van der Waals surface area contributed by atoms with Crippen molar-refractivity contribution in [2.24, 2.45) is 10.2 Å². The van der Waals surface area contributed by atoms with Crippen molar-refractivity contribution in [2.75, 3.05) is 11.9 Å². The van der Waals surface area contributed by atoms with Crippen LogP contribution in [0.3, 0.4) is 0 Å². The van der Waals surface area contributed by atoms with E-state index in [4.69, 9.17) is 0 Å². The van der Waals surface area contributed by atoms with E-state index >= 15 is 0 Å². The largest absolute Gasteiger partial charge is 0.338 e. The summed E-state index contributed by atoms with van der Waals surface area (Å²) in [5.41, 5.74) is 2.26. The highest BCUT2D eigenvalue weighted by Crippen LogP contribution is 2.19. The summed E-state index contributed by atoms with van der Waals surface area (Å²) in [4.78, 5) is 11.5. The molecule has 0 aromatic heterocycles. The summed E-state index contributed by atoms with van der Waals surface area (Å²) in [6.07, 6.45) is 0.909. The zero-order valence-corrected chi connectivity index (χ0v) is 11.9. The quantitative estimate of drug-likeness (QED) is 0.771. The summed E-state index contributed by atoms with van der Waals surface area (Å²) in [6, 6.07) is 16.5. The molecule has 0 fully saturated rings. The van der Waals surface area contributed by atoms with Gasteiger partial charge in [-0.25, -0.2) is 4.79 Å². The number of urea groups is 1. The summed E-state index contributed by atoms with van der Waals surface area (Å²) in [5, 5.41) is 13.8. The molecule has 0 unspecified atom stereocenters. The SMILES string of the molecule is CCCNC(=O)Nc1ccc(N=Nc2ccccc2)cc1. The monoisotopic (exact) mass is 282 g/mol. The van der Waals surface area contributed by atoms with E-state index in [1.165, 1.54) is 0 Å². The van der Waals surface area contributed by atoms with Crippen molar-refractivity contribution in [1.29, 1.82) is 0 Å². The van der Waals surface area contributed by atoms with Crippen molar-refractivity contribution in [3.8, 4) is 0 Å². The van der Waals surface area contributed by atoms with Crippen LogP contribution in [0.4, 0.5) is 21.9 Å². The first-order chi connectivity index (χ1) is 10.3. The molecule has 0 aliphatic carbocycles. The molecule has 108 valence electrons. The molecule has 0 atom stereocenters. The molecule has 21 heavy (non-hydrogen) atoms. The van der Waals surface area contributed by atoms with Crippen LogP contribution >= 0.6 is 0 Å². The molecule has 0 bridgehead atoms. The van der Waals surface area contributed by atoms with Crippen LogP contribution in [0, 0.1) is 0 Å². The Bertz CT molecular complexity index is 593. The van der Waals surface area contributed by atoms with Gasteiger partial charge in [-0.2, -0.15) is 10.2 Å². The van der Waals surface area contributed by atoms with E-state index < -0.39 is 0 Å². The zero-order chi connectivity index (χ0) is 14.9. The summed E-state index contributed by atoms with van der Waals surface area (Å²) in [5.74, 6) is 0. The van der Waals surface area contributed by atoms with Crippen LogP contribution in [0.5, 0.6) is 0 Å². The third-order valence-electron chi connectivity index (χ3n) is 2.70. The molecule has 0 saturated carbocycles. The number of carbonyl (C=O) groups excluding carboxylic acids is 1. The van der Waals surface area contributed by atoms with E-state index in [0.717, 1.165) is 23.5 Å². The molecule has 5 heteroatoms. The van der Waals surface area contributed by atoms with Gasteiger partial charge in [0.15, 0.2) is 0 Å². The van der Waals surface area contributed by atoms with E-state index in [0.29, 0.717) is 6.54 Å². The van der Waals surface area contributed by atoms with Crippen molar-refractivity contribution < 1.29 is 4.79 Å². The van der Waals surface area contributed by atoms with Crippen molar-refractivity contribution in [3.05, 3.63) is 54.6 Å². The van der Waals surface area contributed by atoms with Gasteiger partial charge < -0.3 is 10.6 Å². The first-order valence-electron chi connectivity index (χ1n) is 6.89. The Morgan fingerprint density at radius 1 is 0.952 bits per heavy atom. The van der Waals surface area contributed by atoms with E-state index in [2.05, 4.69) is 20.9 Å². The average molecular weight is 282 g/mol. The maximum absolute atomic E-state index is 11.5. The standard InChI is InChI=1S/C16H18N4O/c1-2-12-17-16(21)18-13-8-10-15(11-9-13)20-19-14-6-4-3-5-7-14/h3-11H,2,12H2,1H3,(H2,17,18,21). The van der Waals surface area contributed by atoms with E-state index in [-0.39, 0.29) is 6.03 Å². The number of carbonyl (C=O) groups is 1. The number of nitrogens with zero attached hydrogens (tertiary/aromatic N) is 2. The van der Waals surface area contributed by atoms with Gasteiger partial charge in [-0.05, 0) is 42.8 Å². The Labute approximate surface area is 124 Å². The van der Waals surface area contributed by atoms with Gasteiger partial charge in [-0.3, -0.25) is 0 Å². The Kier molecular flexibility index (Phi) is 5.46. The summed E-state index contributed by atoms with van der Waals surface area (Å²) in [6.45, 7) is 2.67. The molecular weight excluding hydrogens is 264 g/mol. The van der Waals surface area contributed by atoms with E-state index in [1.54, 1.807) is 12.1 Å². The van der Waals surface area contributed by atoms with Crippen LogP contribution in [0.15, 0.2) is 64.8 Å². The highest BCUT2D eigenvalue weighted by Gasteiger charge is 2.00. The number of azo groups is 1.